The van der Waals surface area contributed by atoms with Crippen molar-refractivity contribution in [2.45, 2.75) is 49.9 Å². The molecular formula is C20H22N2O2S2. The largest absolute Gasteiger partial charge is 0.459 e. The first-order valence-electron chi connectivity index (χ1n) is 8.38. The highest BCUT2D eigenvalue weighted by atomic mass is 32.2. The Balaban J connectivity index is 2.04. The molecule has 26 heavy (non-hydrogen) atoms. The van der Waals surface area contributed by atoms with Crippen LogP contribution >= 0.6 is 23.3 Å². The zero-order valence-corrected chi connectivity index (χ0v) is 17.2. The van der Waals surface area contributed by atoms with Crippen LogP contribution in [0.3, 0.4) is 0 Å². The van der Waals surface area contributed by atoms with Gasteiger partial charge in [-0.3, -0.25) is 9.78 Å². The fraction of sp³-hybridized carbons (Fsp3) is 0.350. The van der Waals surface area contributed by atoms with Crippen LogP contribution in [0.4, 0.5) is 0 Å². The van der Waals surface area contributed by atoms with Crippen molar-refractivity contribution in [2.75, 3.05) is 0 Å². The number of esters is 1. The third-order valence-corrected chi connectivity index (χ3v) is 5.76. The van der Waals surface area contributed by atoms with Crippen LogP contribution in [-0.4, -0.2) is 25.7 Å². The molecule has 1 aromatic carbocycles. The molecule has 0 bridgehead atoms. The van der Waals surface area contributed by atoms with Crippen molar-refractivity contribution in [1.82, 2.24) is 9.36 Å². The first-order chi connectivity index (χ1) is 12.2. The Morgan fingerprint density at radius 3 is 2.54 bits per heavy atom. The summed E-state index contributed by atoms with van der Waals surface area (Å²) in [5, 5.41) is 1.09. The Labute approximate surface area is 162 Å². The monoisotopic (exact) mass is 386 g/mol. The van der Waals surface area contributed by atoms with E-state index >= 15 is 0 Å². The summed E-state index contributed by atoms with van der Waals surface area (Å²) in [6.07, 6.45) is 5.47. The van der Waals surface area contributed by atoms with Gasteiger partial charge in [0.25, 0.3) is 0 Å². The van der Waals surface area contributed by atoms with Gasteiger partial charge in [0.05, 0.1) is 4.70 Å². The molecule has 3 aromatic rings. The van der Waals surface area contributed by atoms with E-state index in [9.17, 15) is 4.79 Å². The van der Waals surface area contributed by atoms with Crippen molar-refractivity contribution in [2.24, 2.45) is 0 Å². The van der Waals surface area contributed by atoms with Gasteiger partial charge in [0, 0.05) is 40.0 Å². The zero-order chi connectivity index (χ0) is 18.9. The molecule has 0 radical (unpaired) electrons. The molecule has 0 unspecified atom stereocenters. The highest BCUT2D eigenvalue weighted by molar-refractivity contribution is 8.01. The summed E-state index contributed by atoms with van der Waals surface area (Å²) in [6.45, 7) is 9.45. The SMILES string of the molecule is CC(C)(C)OC(=O)C(C)(C)Sc1ccc2cnsc2c1-c1cccnc1. The summed E-state index contributed by atoms with van der Waals surface area (Å²) in [6, 6.07) is 8.05. The quantitative estimate of drug-likeness (QED) is 0.433. The maximum Gasteiger partial charge on any atom is 0.322 e. The van der Waals surface area contributed by atoms with E-state index in [1.165, 1.54) is 23.3 Å². The summed E-state index contributed by atoms with van der Waals surface area (Å²) in [5.74, 6) is -0.225. The van der Waals surface area contributed by atoms with Gasteiger partial charge in [-0.15, -0.1) is 11.8 Å². The van der Waals surface area contributed by atoms with Crippen LogP contribution in [0.15, 0.2) is 47.8 Å². The lowest BCUT2D eigenvalue weighted by molar-refractivity contribution is -0.156. The van der Waals surface area contributed by atoms with Crippen LogP contribution in [0, 0.1) is 0 Å². The molecule has 0 aliphatic rings. The maximum atomic E-state index is 12.7. The van der Waals surface area contributed by atoms with E-state index in [1.54, 1.807) is 6.20 Å². The molecule has 0 atom stereocenters. The molecule has 2 aromatic heterocycles. The third kappa shape index (κ3) is 4.07. The molecule has 3 rings (SSSR count). The minimum atomic E-state index is -0.720. The van der Waals surface area contributed by atoms with Crippen molar-refractivity contribution in [3.8, 4) is 11.1 Å². The lowest BCUT2D eigenvalue weighted by Gasteiger charge is -2.28. The Bertz CT molecular complexity index is 928. The maximum absolute atomic E-state index is 12.7. The van der Waals surface area contributed by atoms with Gasteiger partial charge in [-0.1, -0.05) is 12.1 Å². The second kappa shape index (κ2) is 7.00. The molecular weight excluding hydrogens is 364 g/mol. The molecule has 0 amide bonds. The fourth-order valence-electron chi connectivity index (χ4n) is 2.50. The van der Waals surface area contributed by atoms with Crippen LogP contribution in [0.25, 0.3) is 21.2 Å². The average molecular weight is 387 g/mol. The van der Waals surface area contributed by atoms with Crippen LogP contribution in [0.5, 0.6) is 0 Å². The molecule has 2 heterocycles. The first kappa shape index (κ1) is 18.9. The van der Waals surface area contributed by atoms with Gasteiger partial charge in [-0.2, -0.15) is 4.37 Å². The molecule has 0 saturated heterocycles. The van der Waals surface area contributed by atoms with E-state index in [1.807, 2.05) is 65.2 Å². The fourth-order valence-corrected chi connectivity index (χ4v) is 4.52. The number of fused-ring (bicyclic) bond motifs is 1. The molecule has 0 spiro atoms. The smallest absolute Gasteiger partial charge is 0.322 e. The summed E-state index contributed by atoms with van der Waals surface area (Å²) in [5.41, 5.74) is 1.58. The van der Waals surface area contributed by atoms with E-state index in [0.717, 1.165) is 26.1 Å². The molecule has 6 heteroatoms. The topological polar surface area (TPSA) is 52.1 Å². The van der Waals surface area contributed by atoms with Crippen molar-refractivity contribution in [1.29, 1.82) is 0 Å². The third-order valence-electron chi connectivity index (χ3n) is 3.69. The minimum Gasteiger partial charge on any atom is -0.459 e. The van der Waals surface area contributed by atoms with E-state index in [-0.39, 0.29) is 5.97 Å². The number of thioether (sulfide) groups is 1. The van der Waals surface area contributed by atoms with Gasteiger partial charge in [0.15, 0.2) is 0 Å². The number of carbonyl (C=O) groups is 1. The van der Waals surface area contributed by atoms with E-state index < -0.39 is 10.3 Å². The lowest BCUT2D eigenvalue weighted by Crippen LogP contribution is -2.36. The number of carbonyl (C=O) groups excluding carboxylic acids is 1. The molecule has 0 aliphatic heterocycles. The molecule has 136 valence electrons. The number of aromatic nitrogens is 2. The summed E-state index contributed by atoms with van der Waals surface area (Å²) >= 11 is 2.97. The van der Waals surface area contributed by atoms with Crippen molar-refractivity contribution >= 4 is 39.3 Å². The number of nitrogens with zero attached hydrogens (tertiary/aromatic N) is 2. The van der Waals surface area contributed by atoms with Crippen LogP contribution < -0.4 is 0 Å². The van der Waals surface area contributed by atoms with Crippen molar-refractivity contribution < 1.29 is 9.53 Å². The second-order valence-corrected chi connectivity index (χ2v) is 10.0. The van der Waals surface area contributed by atoms with Crippen LogP contribution in [0.2, 0.25) is 0 Å². The average Bonchev–Trinajstić information content (AvgIpc) is 3.02. The molecule has 0 fully saturated rings. The minimum absolute atomic E-state index is 0.225. The molecule has 0 saturated carbocycles. The molecule has 4 nitrogen and oxygen atoms in total. The molecule has 0 aliphatic carbocycles. The van der Waals surface area contributed by atoms with Gasteiger partial charge in [-0.25, -0.2) is 0 Å². The van der Waals surface area contributed by atoms with E-state index in [2.05, 4.69) is 15.4 Å². The highest BCUT2D eigenvalue weighted by Gasteiger charge is 2.34. The van der Waals surface area contributed by atoms with E-state index in [0.29, 0.717) is 0 Å². The number of hydrogen-bond donors (Lipinski definition) is 0. The van der Waals surface area contributed by atoms with E-state index in [4.69, 9.17) is 4.74 Å². The van der Waals surface area contributed by atoms with Gasteiger partial charge in [0.1, 0.15) is 10.3 Å². The lowest BCUT2D eigenvalue weighted by atomic mass is 10.1. The summed E-state index contributed by atoms with van der Waals surface area (Å²) < 4.78 is 10.3. The predicted molar refractivity (Wildman–Crippen MR) is 109 cm³/mol. The Morgan fingerprint density at radius 2 is 1.88 bits per heavy atom. The van der Waals surface area contributed by atoms with Crippen LogP contribution in [-0.2, 0) is 9.53 Å². The number of rotatable bonds is 4. The van der Waals surface area contributed by atoms with Crippen molar-refractivity contribution in [3.63, 3.8) is 0 Å². The first-order valence-corrected chi connectivity index (χ1v) is 9.97. The predicted octanol–water partition coefficient (Wildman–Crippen LogP) is 5.57. The zero-order valence-electron chi connectivity index (χ0n) is 15.6. The standard InChI is InChI=1S/C20H22N2O2S2/c1-19(2,3)24-18(23)20(4,5)25-15-9-8-14-12-22-26-17(14)16(15)13-7-6-10-21-11-13/h6-12H,1-5H3. The highest BCUT2D eigenvalue weighted by Crippen LogP contribution is 2.44. The van der Waals surface area contributed by atoms with Gasteiger partial charge >= 0.3 is 5.97 Å². The Hall–Kier alpha value is -1.92. The van der Waals surface area contributed by atoms with Gasteiger partial charge < -0.3 is 4.74 Å². The Kier molecular flexibility index (Phi) is 5.08. The summed E-state index contributed by atoms with van der Waals surface area (Å²) in [7, 11) is 0. The number of hydrogen-bond acceptors (Lipinski definition) is 6. The number of pyridine rings is 1. The number of benzene rings is 1. The van der Waals surface area contributed by atoms with Gasteiger partial charge in [0.2, 0.25) is 0 Å². The normalized spacial score (nSPS) is 12.3. The number of ether oxygens (including phenoxy) is 1. The van der Waals surface area contributed by atoms with Gasteiger partial charge in [-0.05, 0) is 58.3 Å². The second-order valence-electron chi connectivity index (χ2n) is 7.54. The van der Waals surface area contributed by atoms with Crippen molar-refractivity contribution in [3.05, 3.63) is 42.9 Å². The van der Waals surface area contributed by atoms with Crippen LogP contribution in [0.1, 0.15) is 34.6 Å². The summed E-state index contributed by atoms with van der Waals surface area (Å²) in [4.78, 5) is 18.0. The Morgan fingerprint density at radius 1 is 1.12 bits per heavy atom. The molecule has 0 N–H and O–H groups in total.